The lowest BCUT2D eigenvalue weighted by atomic mass is 9.94. The van der Waals surface area contributed by atoms with Gasteiger partial charge in [0.1, 0.15) is 11.1 Å². The van der Waals surface area contributed by atoms with Crippen LogP contribution in [0.3, 0.4) is 0 Å². The minimum atomic E-state index is -1.05. The van der Waals surface area contributed by atoms with Crippen molar-refractivity contribution in [2.24, 2.45) is 0 Å². The molecule has 0 heterocycles. The second-order valence-corrected chi connectivity index (χ2v) is 4.65. The van der Waals surface area contributed by atoms with Gasteiger partial charge in [0, 0.05) is 6.07 Å². The Morgan fingerprint density at radius 2 is 2.10 bits per heavy atom. The van der Waals surface area contributed by atoms with Crippen LogP contribution >= 0.6 is 11.6 Å². The van der Waals surface area contributed by atoms with E-state index in [1.54, 1.807) is 13.8 Å². The predicted octanol–water partition coefficient (Wildman–Crippen LogP) is 3.06. The van der Waals surface area contributed by atoms with Crippen molar-refractivity contribution in [2.45, 2.75) is 32.2 Å². The molecule has 0 aliphatic heterocycles. The third kappa shape index (κ3) is 3.06. The highest BCUT2D eigenvalue weighted by Crippen LogP contribution is 2.27. The summed E-state index contributed by atoms with van der Waals surface area (Å²) < 4.78 is 0. The topological polar surface area (TPSA) is 96.0 Å². The number of rotatable bonds is 5. The molecule has 1 aromatic carbocycles. The van der Waals surface area contributed by atoms with Crippen LogP contribution in [0.4, 0.5) is 5.69 Å². The highest BCUT2D eigenvalue weighted by atomic mass is 35.5. The molecule has 20 heavy (non-hydrogen) atoms. The SMILES string of the molecule is CCC(C#N)(CC)NC(=O)c1c(Cl)cccc1[N+](=O)[O-]. The van der Waals surface area contributed by atoms with Crippen molar-refractivity contribution in [2.75, 3.05) is 0 Å². The van der Waals surface area contributed by atoms with Crippen LogP contribution in [0.5, 0.6) is 0 Å². The highest BCUT2D eigenvalue weighted by Gasteiger charge is 2.32. The van der Waals surface area contributed by atoms with Crippen LogP contribution in [0.25, 0.3) is 0 Å². The molecule has 106 valence electrons. The Kier molecular flexibility index (Phi) is 5.06. The number of nitrogens with one attached hydrogen (secondary N) is 1. The number of nitrogens with zero attached hydrogens (tertiary/aromatic N) is 2. The van der Waals surface area contributed by atoms with Crippen LogP contribution in [0.2, 0.25) is 5.02 Å². The lowest BCUT2D eigenvalue weighted by Crippen LogP contribution is -2.46. The zero-order valence-corrected chi connectivity index (χ0v) is 11.9. The second-order valence-electron chi connectivity index (χ2n) is 4.25. The van der Waals surface area contributed by atoms with E-state index in [-0.39, 0.29) is 16.3 Å². The van der Waals surface area contributed by atoms with Gasteiger partial charge in [-0.05, 0) is 18.9 Å². The number of benzene rings is 1. The number of hydrogen-bond donors (Lipinski definition) is 1. The number of nitriles is 1. The van der Waals surface area contributed by atoms with Gasteiger partial charge in [-0.2, -0.15) is 5.26 Å². The third-order valence-corrected chi connectivity index (χ3v) is 3.50. The van der Waals surface area contributed by atoms with Gasteiger partial charge in [-0.15, -0.1) is 0 Å². The maximum absolute atomic E-state index is 12.2. The number of nitro groups is 1. The van der Waals surface area contributed by atoms with E-state index in [0.29, 0.717) is 12.8 Å². The Hall–Kier alpha value is -2.13. The van der Waals surface area contributed by atoms with E-state index >= 15 is 0 Å². The van der Waals surface area contributed by atoms with Gasteiger partial charge >= 0.3 is 0 Å². The molecule has 0 aliphatic carbocycles. The molecular formula is C13H14ClN3O3. The zero-order valence-electron chi connectivity index (χ0n) is 11.1. The van der Waals surface area contributed by atoms with Crippen molar-refractivity contribution in [3.8, 4) is 6.07 Å². The van der Waals surface area contributed by atoms with E-state index < -0.39 is 16.4 Å². The van der Waals surface area contributed by atoms with Gasteiger partial charge in [0.15, 0.2) is 0 Å². The number of carbonyl (C=O) groups is 1. The summed E-state index contributed by atoms with van der Waals surface area (Å²) in [5.41, 5.74) is -1.65. The van der Waals surface area contributed by atoms with Gasteiger partial charge < -0.3 is 5.32 Å². The number of halogens is 1. The molecule has 0 aliphatic rings. The molecule has 1 N–H and O–H groups in total. The fraction of sp³-hybridized carbons (Fsp3) is 0.385. The fourth-order valence-electron chi connectivity index (χ4n) is 1.78. The second kappa shape index (κ2) is 6.35. The fourth-order valence-corrected chi connectivity index (χ4v) is 2.04. The summed E-state index contributed by atoms with van der Waals surface area (Å²) in [4.78, 5) is 22.5. The first-order chi connectivity index (χ1) is 9.40. The Bertz CT molecular complexity index is 577. The van der Waals surface area contributed by atoms with Crippen LogP contribution in [0.15, 0.2) is 18.2 Å². The summed E-state index contributed by atoms with van der Waals surface area (Å²) in [5.74, 6) is -0.715. The summed E-state index contributed by atoms with van der Waals surface area (Å²) in [5, 5.41) is 22.7. The van der Waals surface area contributed by atoms with Gasteiger partial charge in [-0.3, -0.25) is 14.9 Å². The number of carbonyl (C=O) groups excluding carboxylic acids is 1. The van der Waals surface area contributed by atoms with Gasteiger partial charge in [0.05, 0.1) is 16.0 Å². The van der Waals surface area contributed by atoms with Crippen molar-refractivity contribution >= 4 is 23.2 Å². The molecule has 0 saturated carbocycles. The molecule has 0 unspecified atom stereocenters. The van der Waals surface area contributed by atoms with E-state index in [0.717, 1.165) is 0 Å². The molecule has 7 heteroatoms. The molecule has 0 fully saturated rings. The van der Waals surface area contributed by atoms with Gasteiger partial charge in [-0.25, -0.2) is 0 Å². The number of nitro benzene ring substituents is 1. The Morgan fingerprint density at radius 1 is 1.50 bits per heavy atom. The summed E-state index contributed by atoms with van der Waals surface area (Å²) in [7, 11) is 0. The smallest absolute Gasteiger partial charge is 0.283 e. The molecule has 1 rings (SSSR count). The molecule has 0 radical (unpaired) electrons. The summed E-state index contributed by atoms with van der Waals surface area (Å²) >= 11 is 5.88. The third-order valence-electron chi connectivity index (χ3n) is 3.19. The first kappa shape index (κ1) is 15.9. The molecule has 1 amide bonds. The predicted molar refractivity (Wildman–Crippen MR) is 74.5 cm³/mol. The van der Waals surface area contributed by atoms with Crippen LogP contribution in [0.1, 0.15) is 37.0 Å². The van der Waals surface area contributed by atoms with E-state index in [1.807, 2.05) is 6.07 Å². The summed E-state index contributed by atoms with van der Waals surface area (Å²) in [6, 6.07) is 6.04. The van der Waals surface area contributed by atoms with Crippen molar-refractivity contribution in [3.05, 3.63) is 38.9 Å². The molecular weight excluding hydrogens is 282 g/mol. The number of hydrogen-bond acceptors (Lipinski definition) is 4. The number of amides is 1. The quantitative estimate of drug-likeness (QED) is 0.667. The Balaban J connectivity index is 3.23. The molecule has 0 saturated heterocycles. The zero-order chi connectivity index (χ0) is 15.3. The van der Waals surface area contributed by atoms with E-state index in [1.165, 1.54) is 18.2 Å². The van der Waals surface area contributed by atoms with E-state index in [9.17, 15) is 20.2 Å². The van der Waals surface area contributed by atoms with Crippen molar-refractivity contribution in [1.82, 2.24) is 5.32 Å². The lowest BCUT2D eigenvalue weighted by molar-refractivity contribution is -0.385. The largest absolute Gasteiger partial charge is 0.333 e. The van der Waals surface area contributed by atoms with Gasteiger partial charge in [-0.1, -0.05) is 31.5 Å². The molecule has 0 spiro atoms. The first-order valence-electron chi connectivity index (χ1n) is 6.07. The Morgan fingerprint density at radius 3 is 2.55 bits per heavy atom. The average Bonchev–Trinajstić information content (AvgIpc) is 2.44. The van der Waals surface area contributed by atoms with Crippen molar-refractivity contribution in [3.63, 3.8) is 0 Å². The van der Waals surface area contributed by atoms with Crippen LogP contribution < -0.4 is 5.32 Å². The summed E-state index contributed by atoms with van der Waals surface area (Å²) in [6.45, 7) is 3.52. The average molecular weight is 296 g/mol. The maximum Gasteiger partial charge on any atom is 0.283 e. The lowest BCUT2D eigenvalue weighted by Gasteiger charge is -2.25. The highest BCUT2D eigenvalue weighted by molar-refractivity contribution is 6.34. The van der Waals surface area contributed by atoms with Crippen LogP contribution in [0, 0.1) is 21.4 Å². The van der Waals surface area contributed by atoms with Gasteiger partial charge in [0.25, 0.3) is 11.6 Å². The maximum atomic E-state index is 12.2. The van der Waals surface area contributed by atoms with Crippen molar-refractivity contribution < 1.29 is 9.72 Å². The normalized spacial score (nSPS) is 10.7. The van der Waals surface area contributed by atoms with Crippen LogP contribution in [-0.2, 0) is 0 Å². The minimum absolute atomic E-state index is 0.0178. The van der Waals surface area contributed by atoms with Gasteiger partial charge in [0.2, 0.25) is 0 Å². The van der Waals surface area contributed by atoms with E-state index in [4.69, 9.17) is 11.6 Å². The standard InChI is InChI=1S/C13H14ClN3O3/c1-3-13(4-2,8-15)16-12(18)11-9(14)6-5-7-10(11)17(19)20/h5-7H,3-4H2,1-2H3,(H,16,18). The monoisotopic (exact) mass is 295 g/mol. The van der Waals surface area contributed by atoms with E-state index in [2.05, 4.69) is 5.32 Å². The summed E-state index contributed by atoms with van der Waals surface area (Å²) in [6.07, 6.45) is 0.786. The van der Waals surface area contributed by atoms with Crippen LogP contribution in [-0.4, -0.2) is 16.4 Å². The first-order valence-corrected chi connectivity index (χ1v) is 6.45. The molecule has 6 nitrogen and oxygen atoms in total. The molecule has 0 aromatic heterocycles. The molecule has 0 atom stereocenters. The Labute approximate surface area is 121 Å². The molecule has 1 aromatic rings. The van der Waals surface area contributed by atoms with Crippen molar-refractivity contribution in [1.29, 1.82) is 5.26 Å². The molecule has 0 bridgehead atoms. The minimum Gasteiger partial charge on any atom is -0.333 e.